The van der Waals surface area contributed by atoms with Gasteiger partial charge in [-0.15, -0.1) is 11.3 Å². The van der Waals surface area contributed by atoms with Crippen LogP contribution in [0.1, 0.15) is 42.8 Å². The number of nitrogens with zero attached hydrogens (tertiary/aromatic N) is 1. The Hall–Kier alpha value is -0.370. The molecule has 0 saturated heterocycles. The third-order valence-electron chi connectivity index (χ3n) is 3.27. The first-order valence-corrected chi connectivity index (χ1v) is 6.23. The summed E-state index contributed by atoms with van der Waals surface area (Å²) < 4.78 is 0. The zero-order chi connectivity index (χ0) is 10.3. The normalized spacial score (nSPS) is 22.1. The van der Waals surface area contributed by atoms with E-state index in [9.17, 15) is 0 Å². The largest absolute Gasteiger partial charge is 0.246 e. The van der Waals surface area contributed by atoms with Crippen LogP contribution in [-0.4, -0.2) is 4.98 Å². The molecule has 2 heteroatoms. The van der Waals surface area contributed by atoms with E-state index in [4.69, 9.17) is 0 Å². The standard InChI is InChI=1S/C12H19NS/c1-8-13-10-6-5-9(12(2,3)4)7-11(10)14-8/h9H,5-7H2,1-4H3. The topological polar surface area (TPSA) is 12.9 Å². The van der Waals surface area contributed by atoms with E-state index in [1.165, 1.54) is 30.0 Å². The van der Waals surface area contributed by atoms with Crippen molar-refractivity contribution in [1.29, 1.82) is 0 Å². The molecule has 1 nitrogen and oxygen atoms in total. The van der Waals surface area contributed by atoms with E-state index in [0.717, 1.165) is 5.92 Å². The van der Waals surface area contributed by atoms with Gasteiger partial charge in [-0.1, -0.05) is 20.8 Å². The number of hydrogen-bond donors (Lipinski definition) is 0. The second-order valence-corrected chi connectivity index (χ2v) is 6.70. The van der Waals surface area contributed by atoms with Gasteiger partial charge in [0.15, 0.2) is 0 Å². The zero-order valence-electron chi connectivity index (χ0n) is 9.55. The maximum Gasteiger partial charge on any atom is 0.0900 e. The molecule has 1 heterocycles. The van der Waals surface area contributed by atoms with Crippen LogP contribution in [0.2, 0.25) is 0 Å². The van der Waals surface area contributed by atoms with Crippen LogP contribution >= 0.6 is 11.3 Å². The van der Waals surface area contributed by atoms with Gasteiger partial charge in [0, 0.05) is 4.88 Å². The van der Waals surface area contributed by atoms with Gasteiger partial charge >= 0.3 is 0 Å². The minimum absolute atomic E-state index is 0.454. The van der Waals surface area contributed by atoms with Crippen molar-refractivity contribution in [2.75, 3.05) is 0 Å². The molecule has 0 saturated carbocycles. The Morgan fingerprint density at radius 2 is 2.07 bits per heavy atom. The molecular formula is C12H19NS. The highest BCUT2D eigenvalue weighted by atomic mass is 32.1. The van der Waals surface area contributed by atoms with Crippen LogP contribution in [-0.2, 0) is 12.8 Å². The van der Waals surface area contributed by atoms with Gasteiger partial charge in [0.2, 0.25) is 0 Å². The van der Waals surface area contributed by atoms with Crippen LogP contribution in [0.4, 0.5) is 0 Å². The summed E-state index contributed by atoms with van der Waals surface area (Å²) in [5.41, 5.74) is 1.84. The highest BCUT2D eigenvalue weighted by Gasteiger charge is 2.30. The molecule has 0 spiro atoms. The Morgan fingerprint density at radius 1 is 1.36 bits per heavy atom. The number of hydrogen-bond acceptors (Lipinski definition) is 2. The summed E-state index contributed by atoms with van der Waals surface area (Å²) in [4.78, 5) is 6.14. The van der Waals surface area contributed by atoms with E-state index >= 15 is 0 Å². The fourth-order valence-corrected chi connectivity index (χ4v) is 3.31. The van der Waals surface area contributed by atoms with E-state index in [0.29, 0.717) is 5.41 Å². The third kappa shape index (κ3) is 1.85. The van der Waals surface area contributed by atoms with Crippen molar-refractivity contribution in [2.24, 2.45) is 11.3 Å². The molecule has 0 radical (unpaired) electrons. The molecule has 1 aliphatic carbocycles. The molecule has 0 N–H and O–H groups in total. The number of thiazole rings is 1. The quantitative estimate of drug-likeness (QED) is 0.636. The smallest absolute Gasteiger partial charge is 0.0900 e. The van der Waals surface area contributed by atoms with E-state index in [2.05, 4.69) is 32.7 Å². The lowest BCUT2D eigenvalue weighted by molar-refractivity contribution is 0.217. The lowest BCUT2D eigenvalue weighted by Crippen LogP contribution is -2.26. The van der Waals surface area contributed by atoms with Crippen molar-refractivity contribution in [2.45, 2.75) is 47.0 Å². The second kappa shape index (κ2) is 3.34. The first-order valence-electron chi connectivity index (χ1n) is 5.42. The van der Waals surface area contributed by atoms with Crippen molar-refractivity contribution < 1.29 is 0 Å². The molecule has 1 aliphatic rings. The summed E-state index contributed by atoms with van der Waals surface area (Å²) >= 11 is 1.90. The molecule has 0 aliphatic heterocycles. The summed E-state index contributed by atoms with van der Waals surface area (Å²) in [7, 11) is 0. The van der Waals surface area contributed by atoms with Crippen molar-refractivity contribution in [3.8, 4) is 0 Å². The number of fused-ring (bicyclic) bond motifs is 1. The molecule has 14 heavy (non-hydrogen) atoms. The van der Waals surface area contributed by atoms with Crippen molar-refractivity contribution >= 4 is 11.3 Å². The van der Waals surface area contributed by atoms with Gasteiger partial charge in [-0.25, -0.2) is 4.98 Å². The Labute approximate surface area is 90.6 Å². The Morgan fingerprint density at radius 3 is 2.71 bits per heavy atom. The molecule has 78 valence electrons. The fraction of sp³-hybridized carbons (Fsp3) is 0.750. The maximum atomic E-state index is 4.59. The third-order valence-corrected chi connectivity index (χ3v) is 4.31. The Balaban J connectivity index is 2.21. The van der Waals surface area contributed by atoms with E-state index < -0.39 is 0 Å². The summed E-state index contributed by atoms with van der Waals surface area (Å²) in [5.74, 6) is 0.842. The average molecular weight is 209 g/mol. The van der Waals surface area contributed by atoms with Crippen molar-refractivity contribution in [1.82, 2.24) is 4.98 Å². The van der Waals surface area contributed by atoms with E-state index in [-0.39, 0.29) is 0 Å². The molecule has 0 aromatic carbocycles. The lowest BCUT2D eigenvalue weighted by atomic mass is 9.73. The van der Waals surface area contributed by atoms with Crippen LogP contribution < -0.4 is 0 Å². The molecule has 2 rings (SSSR count). The number of aromatic nitrogens is 1. The molecule has 0 bridgehead atoms. The number of aryl methyl sites for hydroxylation is 2. The summed E-state index contributed by atoms with van der Waals surface area (Å²) in [5, 5.41) is 1.24. The molecule has 1 unspecified atom stereocenters. The maximum absolute atomic E-state index is 4.59. The van der Waals surface area contributed by atoms with E-state index in [1.54, 1.807) is 4.88 Å². The highest BCUT2D eigenvalue weighted by Crippen LogP contribution is 2.38. The predicted molar refractivity (Wildman–Crippen MR) is 61.8 cm³/mol. The molecule has 0 amide bonds. The fourth-order valence-electron chi connectivity index (χ4n) is 2.24. The van der Waals surface area contributed by atoms with Crippen LogP contribution in [0.15, 0.2) is 0 Å². The Bertz CT molecular complexity index is 333. The summed E-state index contributed by atoms with van der Waals surface area (Å²) in [6.07, 6.45) is 3.77. The minimum atomic E-state index is 0.454. The molecule has 1 aromatic rings. The number of rotatable bonds is 0. The van der Waals surface area contributed by atoms with Gasteiger partial charge in [0.05, 0.1) is 10.7 Å². The molecular weight excluding hydrogens is 190 g/mol. The first kappa shape index (κ1) is 10.2. The SMILES string of the molecule is Cc1nc2c(s1)CC(C(C)(C)C)CC2. The summed E-state index contributed by atoms with van der Waals surface area (Å²) in [6.45, 7) is 9.19. The monoisotopic (exact) mass is 209 g/mol. The lowest BCUT2D eigenvalue weighted by Gasteiger charge is -2.33. The van der Waals surface area contributed by atoms with Gasteiger partial charge in [-0.3, -0.25) is 0 Å². The van der Waals surface area contributed by atoms with Gasteiger partial charge in [-0.2, -0.15) is 0 Å². The van der Waals surface area contributed by atoms with Crippen LogP contribution in [0, 0.1) is 18.3 Å². The van der Waals surface area contributed by atoms with Crippen molar-refractivity contribution in [3.05, 3.63) is 15.6 Å². The van der Waals surface area contributed by atoms with Gasteiger partial charge in [0.1, 0.15) is 0 Å². The Kier molecular flexibility index (Phi) is 2.42. The summed E-state index contributed by atoms with van der Waals surface area (Å²) in [6, 6.07) is 0. The van der Waals surface area contributed by atoms with Crippen LogP contribution in [0.25, 0.3) is 0 Å². The minimum Gasteiger partial charge on any atom is -0.246 e. The van der Waals surface area contributed by atoms with Gasteiger partial charge < -0.3 is 0 Å². The zero-order valence-corrected chi connectivity index (χ0v) is 10.4. The van der Waals surface area contributed by atoms with Crippen LogP contribution in [0.5, 0.6) is 0 Å². The average Bonchev–Trinajstić information content (AvgIpc) is 2.41. The molecule has 1 atom stereocenters. The van der Waals surface area contributed by atoms with Crippen LogP contribution in [0.3, 0.4) is 0 Å². The highest BCUT2D eigenvalue weighted by molar-refractivity contribution is 7.11. The van der Waals surface area contributed by atoms with Crippen molar-refractivity contribution in [3.63, 3.8) is 0 Å². The van der Waals surface area contributed by atoms with E-state index in [1.807, 2.05) is 11.3 Å². The van der Waals surface area contributed by atoms with Gasteiger partial charge in [0.25, 0.3) is 0 Å². The molecule has 1 aromatic heterocycles. The molecule has 0 fully saturated rings. The van der Waals surface area contributed by atoms with Gasteiger partial charge in [-0.05, 0) is 37.5 Å². The second-order valence-electron chi connectivity index (χ2n) is 5.41. The first-order chi connectivity index (χ1) is 6.47. The predicted octanol–water partition coefficient (Wildman–Crippen LogP) is 3.60.